The summed E-state index contributed by atoms with van der Waals surface area (Å²) in [6.45, 7) is 2.03. The van der Waals surface area contributed by atoms with Gasteiger partial charge >= 0.3 is 0 Å². The van der Waals surface area contributed by atoms with E-state index in [0.29, 0.717) is 19.8 Å². The van der Waals surface area contributed by atoms with Crippen molar-refractivity contribution in [2.45, 2.75) is 31.6 Å². The van der Waals surface area contributed by atoms with Crippen molar-refractivity contribution in [3.05, 3.63) is 54.4 Å². The van der Waals surface area contributed by atoms with E-state index in [1.54, 1.807) is 12.5 Å². The van der Waals surface area contributed by atoms with Gasteiger partial charge in [-0.15, -0.1) is 0 Å². The minimum atomic E-state index is -0.618. The van der Waals surface area contributed by atoms with Crippen LogP contribution < -0.4 is 0 Å². The molecule has 1 aliphatic rings. The molecule has 0 bridgehead atoms. The predicted molar refractivity (Wildman–Crippen MR) is 76.2 cm³/mol. The number of halogens is 1. The molecule has 1 fully saturated rings. The Labute approximate surface area is 123 Å². The highest BCUT2D eigenvalue weighted by molar-refractivity contribution is 5.16. The second kappa shape index (κ2) is 6.37. The van der Waals surface area contributed by atoms with Gasteiger partial charge in [-0.3, -0.25) is 0 Å². The first-order valence-corrected chi connectivity index (χ1v) is 7.24. The van der Waals surface area contributed by atoms with Crippen LogP contribution in [0.1, 0.15) is 18.4 Å². The van der Waals surface area contributed by atoms with Gasteiger partial charge in [-0.1, -0.05) is 12.1 Å². The van der Waals surface area contributed by atoms with Gasteiger partial charge in [0.1, 0.15) is 5.82 Å². The lowest BCUT2D eigenvalue weighted by molar-refractivity contribution is -0.276. The fraction of sp³-hybridized carbons (Fsp3) is 0.438. The zero-order chi connectivity index (χ0) is 14.5. The van der Waals surface area contributed by atoms with Crippen molar-refractivity contribution in [1.29, 1.82) is 0 Å². The van der Waals surface area contributed by atoms with Gasteiger partial charge in [0.2, 0.25) is 0 Å². The molecule has 0 radical (unpaired) electrons. The maximum absolute atomic E-state index is 12.9. The Morgan fingerprint density at radius 2 is 1.95 bits per heavy atom. The van der Waals surface area contributed by atoms with Gasteiger partial charge in [0.15, 0.2) is 5.79 Å². The van der Waals surface area contributed by atoms with Gasteiger partial charge in [0.05, 0.1) is 26.1 Å². The molecular weight excluding hydrogens is 271 g/mol. The van der Waals surface area contributed by atoms with Crippen LogP contribution >= 0.6 is 0 Å². The summed E-state index contributed by atoms with van der Waals surface area (Å²) in [6.07, 6.45) is 7.85. The molecule has 3 rings (SSSR count). The Morgan fingerprint density at radius 1 is 1.19 bits per heavy atom. The van der Waals surface area contributed by atoms with Gasteiger partial charge in [0.25, 0.3) is 0 Å². The lowest BCUT2D eigenvalue weighted by Crippen LogP contribution is -2.44. The molecule has 0 saturated carbocycles. The number of aromatic nitrogens is 2. The maximum atomic E-state index is 12.9. The molecule has 0 amide bonds. The number of hydrogen-bond acceptors (Lipinski definition) is 3. The van der Waals surface area contributed by atoms with Crippen LogP contribution in [0.25, 0.3) is 0 Å². The van der Waals surface area contributed by atoms with E-state index in [9.17, 15) is 4.39 Å². The van der Waals surface area contributed by atoms with Crippen LogP contribution in [0.15, 0.2) is 43.0 Å². The summed E-state index contributed by atoms with van der Waals surface area (Å²) in [6, 6.07) is 6.59. The molecule has 2 heterocycles. The van der Waals surface area contributed by atoms with Crippen molar-refractivity contribution < 1.29 is 13.9 Å². The lowest BCUT2D eigenvalue weighted by Gasteiger charge is -2.37. The molecule has 5 heteroatoms. The fourth-order valence-electron chi connectivity index (χ4n) is 2.58. The summed E-state index contributed by atoms with van der Waals surface area (Å²) in [5.41, 5.74) is 1.08. The van der Waals surface area contributed by atoms with E-state index in [1.165, 1.54) is 12.1 Å². The Balaban J connectivity index is 1.68. The second-order valence-corrected chi connectivity index (χ2v) is 5.32. The van der Waals surface area contributed by atoms with Crippen molar-refractivity contribution in [2.24, 2.45) is 0 Å². The minimum Gasteiger partial charge on any atom is -0.348 e. The van der Waals surface area contributed by atoms with E-state index < -0.39 is 5.79 Å². The number of benzene rings is 1. The average molecular weight is 290 g/mol. The van der Waals surface area contributed by atoms with E-state index in [2.05, 4.69) is 4.98 Å². The topological polar surface area (TPSA) is 36.3 Å². The van der Waals surface area contributed by atoms with E-state index in [0.717, 1.165) is 24.8 Å². The van der Waals surface area contributed by atoms with Crippen molar-refractivity contribution >= 4 is 0 Å². The van der Waals surface area contributed by atoms with Crippen molar-refractivity contribution in [1.82, 2.24) is 9.55 Å². The zero-order valence-electron chi connectivity index (χ0n) is 11.9. The first kappa shape index (κ1) is 14.2. The number of ether oxygens (including phenoxy) is 2. The Hall–Kier alpha value is -1.72. The van der Waals surface area contributed by atoms with Crippen LogP contribution in [0, 0.1) is 5.82 Å². The smallest absolute Gasteiger partial charge is 0.186 e. The Kier molecular flexibility index (Phi) is 4.31. The van der Waals surface area contributed by atoms with Crippen LogP contribution in [0.5, 0.6) is 0 Å². The molecular formula is C16H19FN2O2. The quantitative estimate of drug-likeness (QED) is 0.849. The Morgan fingerprint density at radius 3 is 2.62 bits per heavy atom. The molecule has 4 nitrogen and oxygen atoms in total. The first-order valence-electron chi connectivity index (χ1n) is 7.24. The van der Waals surface area contributed by atoms with Crippen LogP contribution in [-0.2, 0) is 22.4 Å². The van der Waals surface area contributed by atoms with Gasteiger partial charge in [-0.05, 0) is 30.5 Å². The number of aryl methyl sites for hydroxylation is 1. The van der Waals surface area contributed by atoms with E-state index >= 15 is 0 Å². The van der Waals surface area contributed by atoms with Crippen LogP contribution in [0.3, 0.4) is 0 Å². The minimum absolute atomic E-state index is 0.211. The van der Waals surface area contributed by atoms with Gasteiger partial charge < -0.3 is 14.0 Å². The molecule has 0 unspecified atom stereocenters. The average Bonchev–Trinajstić information content (AvgIpc) is 3.00. The zero-order valence-corrected chi connectivity index (χ0v) is 11.9. The monoisotopic (exact) mass is 290 g/mol. The third-order valence-electron chi connectivity index (χ3n) is 3.71. The normalized spacial score (nSPS) is 17.8. The molecule has 0 spiro atoms. The molecule has 1 aliphatic heterocycles. The SMILES string of the molecule is Fc1ccc(CCC2(Cn3ccnc3)OCCCO2)cc1. The standard InChI is InChI=1S/C16H19FN2O2/c17-15-4-2-14(3-5-15)6-7-16(20-10-1-11-21-16)12-19-9-8-18-13-19/h2-5,8-9,13H,1,6-7,10-12H2. The largest absolute Gasteiger partial charge is 0.348 e. The van der Waals surface area contributed by atoms with E-state index in [4.69, 9.17) is 9.47 Å². The summed E-state index contributed by atoms with van der Waals surface area (Å²) in [5, 5.41) is 0. The van der Waals surface area contributed by atoms with Crippen molar-refractivity contribution in [2.75, 3.05) is 13.2 Å². The summed E-state index contributed by atoms with van der Waals surface area (Å²) < 4.78 is 26.8. The highest BCUT2D eigenvalue weighted by Crippen LogP contribution is 2.27. The number of nitrogens with zero attached hydrogens (tertiary/aromatic N) is 2. The third-order valence-corrected chi connectivity index (χ3v) is 3.71. The van der Waals surface area contributed by atoms with Gasteiger partial charge in [0, 0.05) is 18.8 Å². The molecule has 2 aromatic rings. The summed E-state index contributed by atoms with van der Waals surface area (Å²) in [5.74, 6) is -0.829. The number of rotatable bonds is 5. The van der Waals surface area contributed by atoms with Gasteiger partial charge in [-0.2, -0.15) is 0 Å². The van der Waals surface area contributed by atoms with Crippen LogP contribution in [0.2, 0.25) is 0 Å². The number of hydrogen-bond donors (Lipinski definition) is 0. The van der Waals surface area contributed by atoms with E-state index in [-0.39, 0.29) is 5.82 Å². The number of imidazole rings is 1. The summed E-state index contributed by atoms with van der Waals surface area (Å²) in [4.78, 5) is 4.06. The van der Waals surface area contributed by atoms with Crippen molar-refractivity contribution in [3.63, 3.8) is 0 Å². The fourth-order valence-corrected chi connectivity index (χ4v) is 2.58. The van der Waals surface area contributed by atoms with Crippen molar-refractivity contribution in [3.8, 4) is 0 Å². The maximum Gasteiger partial charge on any atom is 0.186 e. The molecule has 0 N–H and O–H groups in total. The predicted octanol–water partition coefficient (Wildman–Crippen LogP) is 2.79. The molecule has 0 aliphatic carbocycles. The molecule has 1 aromatic heterocycles. The van der Waals surface area contributed by atoms with E-state index in [1.807, 2.05) is 22.9 Å². The van der Waals surface area contributed by atoms with Crippen LogP contribution in [0.4, 0.5) is 4.39 Å². The Bertz CT molecular complexity index is 548. The van der Waals surface area contributed by atoms with Gasteiger partial charge in [-0.25, -0.2) is 9.37 Å². The highest BCUT2D eigenvalue weighted by Gasteiger charge is 2.34. The van der Waals surface area contributed by atoms with Crippen LogP contribution in [-0.4, -0.2) is 28.6 Å². The summed E-state index contributed by atoms with van der Waals surface area (Å²) >= 11 is 0. The molecule has 1 aromatic carbocycles. The second-order valence-electron chi connectivity index (χ2n) is 5.32. The molecule has 21 heavy (non-hydrogen) atoms. The summed E-state index contributed by atoms with van der Waals surface area (Å²) in [7, 11) is 0. The molecule has 0 atom stereocenters. The third kappa shape index (κ3) is 3.68. The highest BCUT2D eigenvalue weighted by atomic mass is 19.1. The first-order chi connectivity index (χ1) is 10.3. The molecule has 112 valence electrons. The molecule has 1 saturated heterocycles. The lowest BCUT2D eigenvalue weighted by atomic mass is 10.0.